The molecule has 6 heteroatoms. The van der Waals surface area contributed by atoms with Crippen LogP contribution in [0, 0.1) is 0 Å². The monoisotopic (exact) mass is 363 g/mol. The van der Waals surface area contributed by atoms with Crippen molar-refractivity contribution in [1.29, 1.82) is 0 Å². The van der Waals surface area contributed by atoms with Gasteiger partial charge >= 0.3 is 0 Å². The Kier molecular flexibility index (Phi) is 6.95. The van der Waals surface area contributed by atoms with Gasteiger partial charge in [-0.2, -0.15) is 0 Å². The first kappa shape index (κ1) is 18.9. The molecule has 0 saturated carbocycles. The number of nitrogens with one attached hydrogen (secondary N) is 1. The van der Waals surface area contributed by atoms with Gasteiger partial charge in [-0.3, -0.25) is 4.79 Å². The Labute approximate surface area is 152 Å². The molecule has 0 heterocycles. The maximum Gasteiger partial charge on any atom is 0.223 e. The van der Waals surface area contributed by atoms with Gasteiger partial charge in [0.1, 0.15) is 5.75 Å². The lowest BCUT2D eigenvalue weighted by molar-refractivity contribution is -0.122. The van der Waals surface area contributed by atoms with Gasteiger partial charge in [-0.05, 0) is 36.8 Å². The van der Waals surface area contributed by atoms with Crippen LogP contribution in [0.4, 0.5) is 0 Å². The van der Waals surface area contributed by atoms with E-state index in [1.807, 2.05) is 37.3 Å². The maximum atomic E-state index is 12.1. The van der Waals surface area contributed by atoms with Gasteiger partial charge in [-0.15, -0.1) is 0 Å². The van der Waals surface area contributed by atoms with Gasteiger partial charge < -0.3 is 19.5 Å². The fourth-order valence-corrected chi connectivity index (χ4v) is 2.52. The van der Waals surface area contributed by atoms with Crippen molar-refractivity contribution in [2.75, 3.05) is 20.8 Å². The van der Waals surface area contributed by atoms with Gasteiger partial charge in [0.2, 0.25) is 5.91 Å². The molecule has 1 unspecified atom stereocenters. The molecule has 0 aromatic heterocycles. The Hall–Kier alpha value is -2.40. The molecule has 1 amide bonds. The second-order valence-corrected chi connectivity index (χ2v) is 5.84. The van der Waals surface area contributed by atoms with E-state index >= 15 is 0 Å². The summed E-state index contributed by atoms with van der Waals surface area (Å²) in [6.07, 6.45) is 0.239. The highest BCUT2D eigenvalue weighted by molar-refractivity contribution is 6.32. The van der Waals surface area contributed by atoms with Gasteiger partial charge in [-0.1, -0.05) is 29.8 Å². The van der Waals surface area contributed by atoms with E-state index in [-0.39, 0.29) is 25.0 Å². The molecule has 2 aromatic rings. The number of ether oxygens (including phenoxy) is 3. The van der Waals surface area contributed by atoms with Crippen molar-refractivity contribution in [3.63, 3.8) is 0 Å². The van der Waals surface area contributed by atoms with Crippen molar-refractivity contribution in [3.8, 4) is 17.2 Å². The number of halogens is 1. The lowest BCUT2D eigenvalue weighted by atomic mass is 10.1. The SMILES string of the molecule is COc1ccc(C(C)NC(=O)CCOc2ccccc2Cl)cc1OC. The van der Waals surface area contributed by atoms with E-state index in [2.05, 4.69) is 5.32 Å². The third kappa shape index (κ3) is 5.29. The Morgan fingerprint density at radius 3 is 2.48 bits per heavy atom. The molecule has 5 nitrogen and oxygen atoms in total. The Morgan fingerprint density at radius 1 is 1.08 bits per heavy atom. The fraction of sp³-hybridized carbons (Fsp3) is 0.316. The zero-order valence-corrected chi connectivity index (χ0v) is 15.3. The molecule has 1 N–H and O–H groups in total. The third-order valence-electron chi connectivity index (χ3n) is 3.71. The van der Waals surface area contributed by atoms with Crippen LogP contribution in [0.25, 0.3) is 0 Å². The third-order valence-corrected chi connectivity index (χ3v) is 4.02. The summed E-state index contributed by atoms with van der Waals surface area (Å²) < 4.78 is 16.0. The van der Waals surface area contributed by atoms with Crippen LogP contribution in [0.2, 0.25) is 5.02 Å². The summed E-state index contributed by atoms with van der Waals surface area (Å²) in [5, 5.41) is 3.47. The van der Waals surface area contributed by atoms with E-state index in [1.54, 1.807) is 26.4 Å². The standard InChI is InChI=1S/C19H22ClNO4/c1-13(14-8-9-17(23-2)18(12-14)24-3)21-19(22)10-11-25-16-7-5-4-6-15(16)20/h4-9,12-13H,10-11H2,1-3H3,(H,21,22). The Morgan fingerprint density at radius 2 is 1.80 bits per heavy atom. The lowest BCUT2D eigenvalue weighted by Gasteiger charge is -2.17. The molecule has 1 atom stereocenters. The van der Waals surface area contributed by atoms with Crippen molar-refractivity contribution >= 4 is 17.5 Å². The number of amides is 1. The second kappa shape index (κ2) is 9.18. The van der Waals surface area contributed by atoms with Crippen LogP contribution in [0.3, 0.4) is 0 Å². The first-order chi connectivity index (χ1) is 12.0. The highest BCUT2D eigenvalue weighted by Gasteiger charge is 2.13. The van der Waals surface area contributed by atoms with Crippen molar-refractivity contribution in [3.05, 3.63) is 53.1 Å². The molecule has 0 aliphatic rings. The van der Waals surface area contributed by atoms with Gasteiger partial charge in [0.25, 0.3) is 0 Å². The van der Waals surface area contributed by atoms with Crippen LogP contribution in [0.5, 0.6) is 17.2 Å². The van der Waals surface area contributed by atoms with Crippen molar-refractivity contribution in [2.24, 2.45) is 0 Å². The van der Waals surface area contributed by atoms with Gasteiger partial charge in [-0.25, -0.2) is 0 Å². The summed E-state index contributed by atoms with van der Waals surface area (Å²) in [7, 11) is 3.17. The van der Waals surface area contributed by atoms with Crippen LogP contribution < -0.4 is 19.5 Å². The summed E-state index contributed by atoms with van der Waals surface area (Å²) >= 11 is 6.01. The number of para-hydroxylation sites is 1. The minimum Gasteiger partial charge on any atom is -0.493 e. The molecule has 0 fully saturated rings. The number of rotatable bonds is 8. The average Bonchev–Trinajstić information content (AvgIpc) is 2.62. The zero-order valence-electron chi connectivity index (χ0n) is 14.5. The van der Waals surface area contributed by atoms with E-state index < -0.39 is 0 Å². The van der Waals surface area contributed by atoms with Crippen LogP contribution in [-0.2, 0) is 4.79 Å². The Balaban J connectivity index is 1.86. The van der Waals surface area contributed by atoms with E-state index in [1.165, 1.54) is 0 Å². The summed E-state index contributed by atoms with van der Waals surface area (Å²) in [5.74, 6) is 1.75. The quantitative estimate of drug-likeness (QED) is 0.770. The number of hydrogen-bond acceptors (Lipinski definition) is 4. The molecule has 134 valence electrons. The number of hydrogen-bond donors (Lipinski definition) is 1. The molecular weight excluding hydrogens is 342 g/mol. The number of carbonyl (C=O) groups is 1. The molecule has 0 aliphatic carbocycles. The number of methoxy groups -OCH3 is 2. The fourth-order valence-electron chi connectivity index (χ4n) is 2.33. The molecular formula is C19H22ClNO4. The largest absolute Gasteiger partial charge is 0.493 e. The van der Waals surface area contributed by atoms with Gasteiger partial charge in [0.15, 0.2) is 11.5 Å². The van der Waals surface area contributed by atoms with E-state index in [9.17, 15) is 4.79 Å². The smallest absolute Gasteiger partial charge is 0.223 e. The molecule has 0 spiro atoms. The first-order valence-corrected chi connectivity index (χ1v) is 8.31. The summed E-state index contributed by atoms with van der Waals surface area (Å²) in [4.78, 5) is 12.1. The van der Waals surface area contributed by atoms with Crippen molar-refractivity contribution in [1.82, 2.24) is 5.32 Å². The zero-order chi connectivity index (χ0) is 18.2. The molecule has 2 aromatic carbocycles. The van der Waals surface area contributed by atoms with Crippen LogP contribution >= 0.6 is 11.6 Å². The highest BCUT2D eigenvalue weighted by Crippen LogP contribution is 2.30. The topological polar surface area (TPSA) is 56.8 Å². The molecule has 0 bridgehead atoms. The van der Waals surface area contributed by atoms with Crippen molar-refractivity contribution < 1.29 is 19.0 Å². The van der Waals surface area contributed by atoms with E-state index in [0.717, 1.165) is 5.56 Å². The molecule has 0 saturated heterocycles. The van der Waals surface area contributed by atoms with Gasteiger partial charge in [0, 0.05) is 0 Å². The first-order valence-electron chi connectivity index (χ1n) is 7.93. The average molecular weight is 364 g/mol. The summed E-state index contributed by atoms with van der Waals surface area (Å²) in [6.45, 7) is 2.17. The van der Waals surface area contributed by atoms with Gasteiger partial charge in [0.05, 0.1) is 38.3 Å². The second-order valence-electron chi connectivity index (χ2n) is 5.43. The lowest BCUT2D eigenvalue weighted by Crippen LogP contribution is -2.27. The molecule has 2 rings (SSSR count). The minimum atomic E-state index is -0.160. The highest BCUT2D eigenvalue weighted by atomic mass is 35.5. The predicted octanol–water partition coefficient (Wildman–Crippen LogP) is 4.00. The normalized spacial score (nSPS) is 11.5. The summed E-state index contributed by atoms with van der Waals surface area (Å²) in [6, 6.07) is 12.6. The predicted molar refractivity (Wildman–Crippen MR) is 97.7 cm³/mol. The maximum absolute atomic E-state index is 12.1. The van der Waals surface area contributed by atoms with E-state index in [4.69, 9.17) is 25.8 Å². The van der Waals surface area contributed by atoms with E-state index in [0.29, 0.717) is 22.3 Å². The van der Waals surface area contributed by atoms with Crippen LogP contribution in [-0.4, -0.2) is 26.7 Å². The van der Waals surface area contributed by atoms with Crippen LogP contribution in [0.1, 0.15) is 24.9 Å². The Bertz CT molecular complexity index is 720. The van der Waals surface area contributed by atoms with Crippen LogP contribution in [0.15, 0.2) is 42.5 Å². The minimum absolute atomic E-state index is 0.102. The molecule has 0 radical (unpaired) electrons. The molecule has 0 aliphatic heterocycles. The summed E-state index contributed by atoms with van der Waals surface area (Å²) in [5.41, 5.74) is 0.929. The molecule has 25 heavy (non-hydrogen) atoms. The van der Waals surface area contributed by atoms with Crippen molar-refractivity contribution in [2.45, 2.75) is 19.4 Å². The number of carbonyl (C=O) groups excluding carboxylic acids is 1. The number of benzene rings is 2.